The minimum absolute atomic E-state index is 0.127. The van der Waals surface area contributed by atoms with Gasteiger partial charge in [-0.3, -0.25) is 28.9 Å². The van der Waals surface area contributed by atoms with Gasteiger partial charge in [-0.2, -0.15) is 0 Å². The molecule has 0 unspecified atom stereocenters. The first-order valence-corrected chi connectivity index (χ1v) is 24.6. The summed E-state index contributed by atoms with van der Waals surface area (Å²) >= 11 is 1.59. The van der Waals surface area contributed by atoms with Gasteiger partial charge < -0.3 is 24.1 Å². The number of carbonyl (C=O) groups is 6. The number of esters is 2. The number of amides is 2. The molecule has 5 rings (SSSR count). The van der Waals surface area contributed by atoms with E-state index >= 15 is 0 Å². The number of carbonyl (C=O) groups excluding carboxylic acids is 6. The van der Waals surface area contributed by atoms with Gasteiger partial charge in [0, 0.05) is 31.5 Å². The third-order valence-corrected chi connectivity index (χ3v) is 13.7. The molecule has 0 aliphatic carbocycles. The monoisotopic (exact) mass is 940 g/mol. The molecule has 0 spiro atoms. The molecule has 2 aliphatic heterocycles. The molecule has 0 radical (unpaired) electrons. The lowest BCUT2D eigenvalue weighted by Gasteiger charge is -2.37. The summed E-state index contributed by atoms with van der Waals surface area (Å²) in [6.45, 7) is 13.3. The van der Waals surface area contributed by atoms with E-state index in [0.717, 1.165) is 84.1 Å². The molecule has 13 nitrogen and oxygen atoms in total. The number of allylic oxidation sites excluding steroid dienone is 2. The average Bonchev–Trinajstić information content (AvgIpc) is 3.83. The van der Waals surface area contributed by atoms with Crippen LogP contribution in [0.1, 0.15) is 146 Å². The van der Waals surface area contributed by atoms with Crippen molar-refractivity contribution in [3.63, 3.8) is 0 Å². The topological polar surface area (TPSA) is 176 Å². The van der Waals surface area contributed by atoms with Gasteiger partial charge >= 0.3 is 18.1 Å². The Balaban J connectivity index is 1.11. The maximum atomic E-state index is 14.5. The number of nitrogens with zero attached hydrogens (tertiary/aromatic N) is 2. The van der Waals surface area contributed by atoms with E-state index in [1.807, 2.05) is 39.0 Å². The summed E-state index contributed by atoms with van der Waals surface area (Å²) in [5.41, 5.74) is 1.94. The summed E-state index contributed by atoms with van der Waals surface area (Å²) < 4.78 is 24.2. The number of hydrogen-bond acceptors (Lipinski definition) is 13. The Bertz CT molecular complexity index is 2240. The Hall–Kier alpha value is -5.47. The number of aliphatic hydroxyl groups excluding tert-OH is 1. The summed E-state index contributed by atoms with van der Waals surface area (Å²) in [6.07, 6.45) is 12.5. The molecule has 0 saturated heterocycles. The van der Waals surface area contributed by atoms with Gasteiger partial charge in [-0.25, -0.2) is 9.78 Å². The van der Waals surface area contributed by atoms with Crippen molar-refractivity contribution in [2.24, 2.45) is 17.3 Å². The van der Waals surface area contributed by atoms with Gasteiger partial charge in [0.2, 0.25) is 0 Å². The van der Waals surface area contributed by atoms with E-state index in [1.54, 1.807) is 55.5 Å². The molecule has 2 amide bonds. The Morgan fingerprint density at radius 1 is 0.955 bits per heavy atom. The number of rotatable bonds is 18. The molecular formula is C53H68N2O11S. The zero-order valence-corrected chi connectivity index (χ0v) is 40.6. The van der Waals surface area contributed by atoms with Crippen LogP contribution in [0.15, 0.2) is 78.9 Å². The highest BCUT2D eigenvalue weighted by molar-refractivity contribution is 7.18. The highest BCUT2D eigenvalue weighted by Gasteiger charge is 2.45. The second kappa shape index (κ2) is 25.6. The summed E-state index contributed by atoms with van der Waals surface area (Å²) in [6, 6.07) is 12.5. The van der Waals surface area contributed by atoms with Crippen molar-refractivity contribution in [1.29, 1.82) is 0 Å². The third kappa shape index (κ3) is 15.8. The summed E-state index contributed by atoms with van der Waals surface area (Å²) in [7, 11) is 0. The van der Waals surface area contributed by atoms with Crippen molar-refractivity contribution in [3.05, 3.63) is 95.1 Å². The number of ketones is 1. The van der Waals surface area contributed by atoms with E-state index < -0.39 is 48.2 Å². The Labute approximate surface area is 399 Å². The highest BCUT2D eigenvalue weighted by atomic mass is 32.1. The zero-order chi connectivity index (χ0) is 48.5. The van der Waals surface area contributed by atoms with E-state index in [1.165, 1.54) is 17.1 Å². The van der Waals surface area contributed by atoms with Gasteiger partial charge in [-0.05, 0) is 93.7 Å². The van der Waals surface area contributed by atoms with Gasteiger partial charge in [0.25, 0.3) is 11.8 Å². The number of aryl methyl sites for hydroxylation is 1. The molecule has 2 aromatic carbocycles. The number of Topliss-reactive ketones (excluding diaryl/α,β-unsaturated/α-hetero) is 1. The molecule has 0 bridgehead atoms. The molecule has 14 heteroatoms. The average molecular weight is 941 g/mol. The third-order valence-electron chi connectivity index (χ3n) is 12.8. The fraction of sp³-hybridized carbons (Fsp3) is 0.528. The maximum absolute atomic E-state index is 14.5. The highest BCUT2D eigenvalue weighted by Crippen LogP contribution is 2.37. The van der Waals surface area contributed by atoms with Crippen LogP contribution < -0.4 is 4.74 Å². The van der Waals surface area contributed by atoms with Crippen LogP contribution in [0.4, 0.5) is 4.79 Å². The van der Waals surface area contributed by atoms with Crippen molar-refractivity contribution in [2.45, 2.75) is 156 Å². The molecule has 5 atom stereocenters. The lowest BCUT2D eigenvalue weighted by molar-refractivity contribution is -0.156. The molecule has 3 aromatic rings. The molecular weight excluding hydrogens is 873 g/mol. The standard InChI is InChI=1S/C53H68N2O11S/c1-7-17-41-50(66-52(62)63-34-38-22-25-40(26-23-38)64-48(59)20-14-12-10-8-9-11-13-15-31-55-46(57)29-30-47(55)58)36(3)19-16-18-35(2)21-27-43(39-24-28-44-42(32-39)54-37(4)67-44)65-49(60)33-45(56)53(5,6)51(41)61/h7,21-26,28-30,32,36,41,43,45,50,56H,1,8-20,27,31,33-34H2,2-6H3/b35-21-/t36-,41+,43-,45-,50-/m0/s1. The normalized spacial score (nSPS) is 22.6. The van der Waals surface area contributed by atoms with Crippen LogP contribution in [0.2, 0.25) is 0 Å². The first-order valence-electron chi connectivity index (χ1n) is 23.8. The van der Waals surface area contributed by atoms with Crippen molar-refractivity contribution in [2.75, 3.05) is 6.54 Å². The summed E-state index contributed by atoms with van der Waals surface area (Å²) in [5, 5.41) is 12.5. The van der Waals surface area contributed by atoms with Crippen LogP contribution in [0, 0.1) is 24.2 Å². The Morgan fingerprint density at radius 3 is 2.31 bits per heavy atom. The minimum atomic E-state index is -1.43. The van der Waals surface area contributed by atoms with Crippen molar-refractivity contribution in [1.82, 2.24) is 9.88 Å². The predicted molar refractivity (Wildman–Crippen MR) is 257 cm³/mol. The van der Waals surface area contributed by atoms with Crippen molar-refractivity contribution >= 4 is 57.2 Å². The van der Waals surface area contributed by atoms with E-state index in [-0.39, 0.29) is 42.5 Å². The molecule has 1 N–H and O–H groups in total. The zero-order valence-electron chi connectivity index (χ0n) is 39.8. The summed E-state index contributed by atoms with van der Waals surface area (Å²) in [4.78, 5) is 83.0. The van der Waals surface area contributed by atoms with Crippen LogP contribution in [0.3, 0.4) is 0 Å². The van der Waals surface area contributed by atoms with Gasteiger partial charge in [0.1, 0.15) is 30.3 Å². The lowest BCUT2D eigenvalue weighted by atomic mass is 9.71. The molecule has 0 fully saturated rings. The molecule has 67 heavy (non-hydrogen) atoms. The van der Waals surface area contributed by atoms with Crippen LogP contribution in [-0.2, 0) is 44.8 Å². The van der Waals surface area contributed by atoms with Gasteiger partial charge in [-0.15, -0.1) is 17.9 Å². The van der Waals surface area contributed by atoms with Crippen LogP contribution >= 0.6 is 11.3 Å². The molecule has 3 heterocycles. The first-order chi connectivity index (χ1) is 32.0. The molecule has 1 aromatic heterocycles. The number of ether oxygens (including phenoxy) is 4. The maximum Gasteiger partial charge on any atom is 0.508 e. The Kier molecular flexibility index (Phi) is 20.1. The van der Waals surface area contributed by atoms with Crippen molar-refractivity contribution in [3.8, 4) is 5.75 Å². The molecule has 2 aliphatic rings. The number of hydrogen-bond donors (Lipinski definition) is 1. The number of cyclic esters (lactones) is 1. The number of imide groups is 1. The van der Waals surface area contributed by atoms with Crippen molar-refractivity contribution < 1.29 is 52.8 Å². The van der Waals surface area contributed by atoms with E-state index in [0.29, 0.717) is 43.5 Å². The van der Waals surface area contributed by atoms with Crippen LogP contribution in [-0.4, -0.2) is 69.4 Å². The largest absolute Gasteiger partial charge is 0.508 e. The molecule has 362 valence electrons. The predicted octanol–water partition coefficient (Wildman–Crippen LogP) is 10.9. The fourth-order valence-corrected chi connectivity index (χ4v) is 9.40. The number of fused-ring (bicyclic) bond motifs is 1. The molecule has 0 saturated carbocycles. The minimum Gasteiger partial charge on any atom is -0.457 e. The quantitative estimate of drug-likeness (QED) is 0.0421. The van der Waals surface area contributed by atoms with Crippen LogP contribution in [0.25, 0.3) is 10.2 Å². The number of aromatic nitrogens is 1. The second-order valence-corrected chi connectivity index (χ2v) is 19.7. The smallest absolute Gasteiger partial charge is 0.457 e. The number of thiazole rings is 1. The fourth-order valence-electron chi connectivity index (χ4n) is 8.59. The van der Waals surface area contributed by atoms with Gasteiger partial charge in [0.15, 0.2) is 0 Å². The van der Waals surface area contributed by atoms with E-state index in [4.69, 9.17) is 18.9 Å². The SMILES string of the molecule is C=CC[C@H]1C(=O)C(C)(C)[C@@H](O)CC(=O)O[C@H](c2ccc3sc(C)nc3c2)C/C=C(/C)CCC[C@H](C)[C@@H]1OC(=O)OCc1ccc(OC(=O)CCCCCCCCCCN2C(=O)C=CC2=O)cc1. The van der Waals surface area contributed by atoms with Gasteiger partial charge in [-0.1, -0.05) is 95.2 Å². The van der Waals surface area contributed by atoms with Crippen LogP contribution in [0.5, 0.6) is 5.75 Å². The lowest BCUT2D eigenvalue weighted by Crippen LogP contribution is -2.47. The Morgan fingerprint density at radius 2 is 1.63 bits per heavy atom. The first kappa shape index (κ1) is 52.5. The van der Waals surface area contributed by atoms with E-state index in [9.17, 15) is 33.9 Å². The summed E-state index contributed by atoms with van der Waals surface area (Å²) in [5.74, 6) is -2.60. The second-order valence-electron chi connectivity index (χ2n) is 18.5. The number of unbranched alkanes of at least 4 members (excludes halogenated alkanes) is 7. The number of aliphatic hydroxyl groups is 1. The van der Waals surface area contributed by atoms with E-state index in [2.05, 4.69) is 17.6 Å². The number of benzene rings is 2. The van der Waals surface area contributed by atoms with Gasteiger partial charge in [0.05, 0.1) is 39.1 Å².